The summed E-state index contributed by atoms with van der Waals surface area (Å²) in [5, 5.41) is 8.22. The van der Waals surface area contributed by atoms with Gasteiger partial charge in [0.25, 0.3) is 11.8 Å². The number of amides is 2. The summed E-state index contributed by atoms with van der Waals surface area (Å²) in [6.07, 6.45) is -0.880. The molecule has 0 saturated carbocycles. The summed E-state index contributed by atoms with van der Waals surface area (Å²) >= 11 is 0.669. The first kappa shape index (κ1) is 31.8. The van der Waals surface area contributed by atoms with Crippen LogP contribution in [0.5, 0.6) is 0 Å². The zero-order valence-corrected chi connectivity index (χ0v) is 24.9. The molecule has 0 aliphatic carbocycles. The van der Waals surface area contributed by atoms with Gasteiger partial charge < -0.3 is 16.0 Å². The number of rotatable bonds is 9. The first-order chi connectivity index (χ1) is 18.5. The van der Waals surface area contributed by atoms with Crippen molar-refractivity contribution < 1.29 is 31.2 Å². The number of anilines is 1. The number of nitrogens with zero attached hydrogens (tertiary/aromatic N) is 2. The maximum absolute atomic E-state index is 14.3. The Bertz CT molecular complexity index is 1320. The number of carbonyl (C=O) groups is 2. The van der Waals surface area contributed by atoms with E-state index in [1.807, 2.05) is 6.92 Å². The molecule has 0 aromatic carbocycles. The van der Waals surface area contributed by atoms with Crippen LogP contribution in [0.4, 0.5) is 19.0 Å². The Morgan fingerprint density at radius 1 is 1.15 bits per heavy atom. The van der Waals surface area contributed by atoms with Crippen LogP contribution in [0.15, 0.2) is 12.3 Å². The predicted molar refractivity (Wildman–Crippen MR) is 149 cm³/mol. The summed E-state index contributed by atoms with van der Waals surface area (Å²) in [6.45, 7) is 9.15. The monoisotopic (exact) mass is 603 g/mol. The molecule has 2 aromatic heterocycles. The van der Waals surface area contributed by atoms with E-state index in [1.54, 1.807) is 27.7 Å². The number of aromatic nitrogens is 2. The number of alkyl halides is 3. The molecule has 14 heteroatoms. The van der Waals surface area contributed by atoms with Gasteiger partial charge in [0.2, 0.25) is 0 Å². The number of halogens is 3. The van der Waals surface area contributed by atoms with E-state index in [0.29, 0.717) is 17.8 Å². The standard InChI is InChI=1S/C26H36F3N5O4S2/c1-6-7-8-15(2)31-22(35)20-21(17-14-30-19(34-25(3,4)5)13-18(17)26(27,28)29)39-24(33-20)23(36)32-16-9-11-40(37,38)12-10-16/h13-16H,6-12H2,1-5H3,(H,30,34)(H,31,35)(H,32,36)/t15-/m0/s1. The van der Waals surface area contributed by atoms with E-state index in [0.717, 1.165) is 25.1 Å². The van der Waals surface area contributed by atoms with Gasteiger partial charge in [-0.1, -0.05) is 19.8 Å². The number of unbranched alkanes of at least 4 members (excludes halogenated alkanes) is 1. The van der Waals surface area contributed by atoms with Crippen molar-refractivity contribution in [3.63, 3.8) is 0 Å². The average Bonchev–Trinajstić information content (AvgIpc) is 3.28. The molecule has 40 heavy (non-hydrogen) atoms. The number of thiazole rings is 1. The van der Waals surface area contributed by atoms with Gasteiger partial charge in [0.05, 0.1) is 21.9 Å². The Balaban J connectivity index is 2.03. The lowest BCUT2D eigenvalue weighted by Gasteiger charge is -2.22. The minimum atomic E-state index is -4.78. The summed E-state index contributed by atoms with van der Waals surface area (Å²) in [5.41, 5.74) is -2.23. The van der Waals surface area contributed by atoms with Gasteiger partial charge in [-0.3, -0.25) is 9.59 Å². The highest BCUT2D eigenvalue weighted by Gasteiger charge is 2.37. The van der Waals surface area contributed by atoms with Gasteiger partial charge in [0.1, 0.15) is 21.3 Å². The SMILES string of the molecule is CCCC[C@H](C)NC(=O)c1nc(C(=O)NC2CCS(=O)(=O)CC2)sc1-c1cnc(NC(C)(C)C)cc1C(F)(F)F. The van der Waals surface area contributed by atoms with Crippen LogP contribution in [0, 0.1) is 0 Å². The Kier molecular flexibility index (Phi) is 9.86. The van der Waals surface area contributed by atoms with Gasteiger partial charge in [-0.2, -0.15) is 13.2 Å². The molecule has 222 valence electrons. The lowest BCUT2D eigenvalue weighted by Crippen LogP contribution is -2.40. The summed E-state index contributed by atoms with van der Waals surface area (Å²) in [5.74, 6) is -1.50. The molecular formula is C26H36F3N5O4S2. The third kappa shape index (κ3) is 8.63. The first-order valence-corrected chi connectivity index (χ1v) is 15.8. The number of sulfone groups is 1. The van der Waals surface area contributed by atoms with Gasteiger partial charge in [-0.15, -0.1) is 11.3 Å². The Morgan fingerprint density at radius 3 is 2.38 bits per heavy atom. The quantitative estimate of drug-likeness (QED) is 0.366. The molecule has 0 unspecified atom stereocenters. The maximum Gasteiger partial charge on any atom is 0.417 e. The molecule has 0 radical (unpaired) electrons. The minimum absolute atomic E-state index is 0.0116. The molecule has 3 N–H and O–H groups in total. The summed E-state index contributed by atoms with van der Waals surface area (Å²) in [6, 6.07) is 0.195. The van der Waals surface area contributed by atoms with E-state index in [1.165, 1.54) is 0 Å². The first-order valence-electron chi connectivity index (χ1n) is 13.2. The van der Waals surface area contributed by atoms with Crippen molar-refractivity contribution >= 4 is 38.8 Å². The second-order valence-electron chi connectivity index (χ2n) is 11.1. The van der Waals surface area contributed by atoms with Gasteiger partial charge in [0, 0.05) is 29.4 Å². The van der Waals surface area contributed by atoms with Crippen LogP contribution in [0.2, 0.25) is 0 Å². The number of carbonyl (C=O) groups excluding carboxylic acids is 2. The molecule has 2 amide bonds. The van der Waals surface area contributed by atoms with Crippen LogP contribution in [0.25, 0.3) is 10.4 Å². The van der Waals surface area contributed by atoms with Crippen molar-refractivity contribution in [3.05, 3.63) is 28.5 Å². The highest BCUT2D eigenvalue weighted by molar-refractivity contribution is 7.91. The largest absolute Gasteiger partial charge is 0.417 e. The zero-order chi connectivity index (χ0) is 29.9. The molecule has 2 aromatic rings. The van der Waals surface area contributed by atoms with Crippen LogP contribution < -0.4 is 16.0 Å². The highest BCUT2D eigenvalue weighted by atomic mass is 32.2. The van der Waals surface area contributed by atoms with Crippen molar-refractivity contribution in [2.24, 2.45) is 0 Å². The molecule has 1 aliphatic rings. The topological polar surface area (TPSA) is 130 Å². The molecule has 0 bridgehead atoms. The van der Waals surface area contributed by atoms with E-state index in [4.69, 9.17) is 0 Å². The molecule has 9 nitrogen and oxygen atoms in total. The van der Waals surface area contributed by atoms with Crippen LogP contribution in [0.3, 0.4) is 0 Å². The van der Waals surface area contributed by atoms with Crippen LogP contribution in [-0.2, 0) is 16.0 Å². The Hall–Kier alpha value is -2.74. The average molecular weight is 604 g/mol. The second-order valence-corrected chi connectivity index (χ2v) is 14.4. The fraction of sp³-hybridized carbons (Fsp3) is 0.615. The van der Waals surface area contributed by atoms with Crippen LogP contribution in [0.1, 0.15) is 92.6 Å². The number of hydrogen-bond donors (Lipinski definition) is 3. The van der Waals surface area contributed by atoms with Gasteiger partial charge in [-0.25, -0.2) is 18.4 Å². The minimum Gasteiger partial charge on any atom is -0.365 e. The molecule has 0 spiro atoms. The van der Waals surface area contributed by atoms with E-state index < -0.39 is 45.0 Å². The molecule has 1 aliphatic heterocycles. The Morgan fingerprint density at radius 2 is 1.80 bits per heavy atom. The van der Waals surface area contributed by atoms with Crippen molar-refractivity contribution in [1.82, 2.24) is 20.6 Å². The third-order valence-corrected chi connectivity index (χ3v) is 9.05. The maximum atomic E-state index is 14.3. The van der Waals surface area contributed by atoms with Crippen molar-refractivity contribution in [2.75, 3.05) is 16.8 Å². The van der Waals surface area contributed by atoms with E-state index in [2.05, 4.69) is 25.9 Å². The van der Waals surface area contributed by atoms with Crippen LogP contribution in [-0.4, -0.2) is 59.3 Å². The molecule has 3 rings (SSSR count). The van der Waals surface area contributed by atoms with Gasteiger partial charge in [-0.05, 0) is 53.0 Å². The van der Waals surface area contributed by atoms with Gasteiger partial charge >= 0.3 is 6.18 Å². The zero-order valence-electron chi connectivity index (χ0n) is 23.2. The van der Waals surface area contributed by atoms with Crippen molar-refractivity contribution in [1.29, 1.82) is 0 Å². The third-order valence-electron chi connectivity index (χ3n) is 6.25. The normalized spacial score (nSPS) is 16.8. The number of nitrogens with one attached hydrogen (secondary N) is 3. The highest BCUT2D eigenvalue weighted by Crippen LogP contribution is 2.41. The number of pyridine rings is 1. The van der Waals surface area contributed by atoms with E-state index in [9.17, 15) is 31.2 Å². The molecule has 3 heterocycles. The predicted octanol–water partition coefficient (Wildman–Crippen LogP) is 5.05. The fourth-order valence-electron chi connectivity index (χ4n) is 4.23. The molecule has 1 atom stereocenters. The van der Waals surface area contributed by atoms with E-state index >= 15 is 0 Å². The molecular weight excluding hydrogens is 567 g/mol. The van der Waals surface area contributed by atoms with Crippen molar-refractivity contribution in [2.45, 2.75) is 90.5 Å². The fourth-order valence-corrected chi connectivity index (χ4v) is 6.71. The van der Waals surface area contributed by atoms with Crippen LogP contribution >= 0.6 is 11.3 Å². The number of hydrogen-bond acceptors (Lipinski definition) is 8. The summed E-state index contributed by atoms with van der Waals surface area (Å²) < 4.78 is 66.3. The van der Waals surface area contributed by atoms with Crippen molar-refractivity contribution in [3.8, 4) is 10.4 Å². The lowest BCUT2D eigenvalue weighted by atomic mass is 10.0. The second kappa shape index (κ2) is 12.4. The lowest BCUT2D eigenvalue weighted by molar-refractivity contribution is -0.137. The smallest absolute Gasteiger partial charge is 0.365 e. The summed E-state index contributed by atoms with van der Waals surface area (Å²) in [4.78, 5) is 34.5. The van der Waals surface area contributed by atoms with E-state index in [-0.39, 0.29) is 57.3 Å². The summed E-state index contributed by atoms with van der Waals surface area (Å²) in [7, 11) is -3.15. The molecule has 1 saturated heterocycles. The Labute approximate surface area is 236 Å². The molecule has 1 fully saturated rings. The van der Waals surface area contributed by atoms with Gasteiger partial charge in [0.15, 0.2) is 5.01 Å².